The molecule has 1 aromatic carbocycles. The lowest BCUT2D eigenvalue weighted by atomic mass is 10.2. The third-order valence-electron chi connectivity index (χ3n) is 3.01. The number of ether oxygens (including phenoxy) is 1. The zero-order valence-corrected chi connectivity index (χ0v) is 13.1. The van der Waals surface area contributed by atoms with Crippen molar-refractivity contribution in [1.82, 2.24) is 10.6 Å². The van der Waals surface area contributed by atoms with E-state index in [2.05, 4.69) is 10.6 Å². The van der Waals surface area contributed by atoms with Gasteiger partial charge in [0.15, 0.2) is 0 Å². The molecule has 0 saturated heterocycles. The fraction of sp³-hybridized carbons (Fsp3) is 0.250. The van der Waals surface area contributed by atoms with E-state index in [9.17, 15) is 9.59 Å². The molecule has 0 bridgehead atoms. The van der Waals surface area contributed by atoms with Crippen LogP contribution in [0, 0.1) is 0 Å². The van der Waals surface area contributed by atoms with E-state index in [1.807, 2.05) is 41.8 Å². The topological polar surface area (TPSA) is 67.4 Å². The third kappa shape index (κ3) is 5.21. The monoisotopic (exact) mass is 318 g/mol. The average molecular weight is 318 g/mol. The van der Waals surface area contributed by atoms with Crippen LogP contribution in [-0.4, -0.2) is 25.5 Å². The molecule has 0 atom stereocenters. The van der Waals surface area contributed by atoms with Gasteiger partial charge in [0.05, 0.1) is 20.1 Å². The lowest BCUT2D eigenvalue weighted by Gasteiger charge is -2.07. The SMILES string of the molecule is COc1ccc(CNC(=O)CNC(=O)Cc2cccs2)cc1. The first-order chi connectivity index (χ1) is 10.7. The maximum atomic E-state index is 11.7. The van der Waals surface area contributed by atoms with Crippen LogP contribution in [0.15, 0.2) is 41.8 Å². The van der Waals surface area contributed by atoms with Crippen LogP contribution in [0.25, 0.3) is 0 Å². The second-order valence-corrected chi connectivity index (χ2v) is 5.69. The molecule has 2 rings (SSSR count). The first-order valence-corrected chi connectivity index (χ1v) is 7.74. The van der Waals surface area contributed by atoms with Crippen LogP contribution < -0.4 is 15.4 Å². The van der Waals surface area contributed by atoms with Crippen molar-refractivity contribution in [2.45, 2.75) is 13.0 Å². The Labute approximate surface area is 133 Å². The van der Waals surface area contributed by atoms with E-state index in [0.29, 0.717) is 13.0 Å². The van der Waals surface area contributed by atoms with Gasteiger partial charge in [-0.2, -0.15) is 0 Å². The Morgan fingerprint density at radius 2 is 1.86 bits per heavy atom. The van der Waals surface area contributed by atoms with Gasteiger partial charge in [-0.15, -0.1) is 11.3 Å². The molecular formula is C16H18N2O3S. The number of hydrogen-bond acceptors (Lipinski definition) is 4. The molecule has 0 saturated carbocycles. The molecule has 6 heteroatoms. The van der Waals surface area contributed by atoms with E-state index in [1.54, 1.807) is 7.11 Å². The number of benzene rings is 1. The second kappa shape index (κ2) is 8.19. The van der Waals surface area contributed by atoms with Gasteiger partial charge in [-0.1, -0.05) is 18.2 Å². The molecule has 0 radical (unpaired) electrons. The molecule has 5 nitrogen and oxygen atoms in total. The summed E-state index contributed by atoms with van der Waals surface area (Å²) in [5, 5.41) is 7.29. The number of carbonyl (C=O) groups is 2. The fourth-order valence-electron chi connectivity index (χ4n) is 1.82. The predicted molar refractivity (Wildman–Crippen MR) is 85.9 cm³/mol. The van der Waals surface area contributed by atoms with Crippen LogP contribution in [-0.2, 0) is 22.6 Å². The van der Waals surface area contributed by atoms with Gasteiger partial charge in [-0.25, -0.2) is 0 Å². The first-order valence-electron chi connectivity index (χ1n) is 6.86. The summed E-state index contributed by atoms with van der Waals surface area (Å²) in [6.07, 6.45) is 0.309. The Morgan fingerprint density at radius 1 is 1.09 bits per heavy atom. The molecule has 1 aromatic heterocycles. The van der Waals surface area contributed by atoms with Gasteiger partial charge < -0.3 is 15.4 Å². The standard InChI is InChI=1S/C16H18N2O3S/c1-21-13-6-4-12(5-7-13)10-17-16(20)11-18-15(19)9-14-3-2-8-22-14/h2-8H,9-11H2,1H3,(H,17,20)(H,18,19). The number of carbonyl (C=O) groups excluding carboxylic acids is 2. The van der Waals surface area contributed by atoms with Crippen molar-refractivity contribution in [3.8, 4) is 5.75 Å². The largest absolute Gasteiger partial charge is 0.497 e. The number of amides is 2. The zero-order valence-electron chi connectivity index (χ0n) is 12.3. The molecular weight excluding hydrogens is 300 g/mol. The van der Waals surface area contributed by atoms with Crippen LogP contribution >= 0.6 is 11.3 Å². The number of thiophene rings is 1. The van der Waals surface area contributed by atoms with Gasteiger partial charge in [0.1, 0.15) is 5.75 Å². The van der Waals surface area contributed by atoms with E-state index in [4.69, 9.17) is 4.74 Å². The molecule has 2 amide bonds. The Balaban J connectivity index is 1.67. The van der Waals surface area contributed by atoms with Crippen molar-refractivity contribution in [3.63, 3.8) is 0 Å². The summed E-state index contributed by atoms with van der Waals surface area (Å²) in [4.78, 5) is 24.3. The summed E-state index contributed by atoms with van der Waals surface area (Å²) in [7, 11) is 1.61. The van der Waals surface area contributed by atoms with Crippen molar-refractivity contribution in [2.75, 3.05) is 13.7 Å². The summed E-state index contributed by atoms with van der Waals surface area (Å²) < 4.78 is 5.07. The number of methoxy groups -OCH3 is 1. The maximum Gasteiger partial charge on any atom is 0.239 e. The van der Waals surface area contributed by atoms with Crippen molar-refractivity contribution >= 4 is 23.2 Å². The Bertz CT molecular complexity index is 609. The quantitative estimate of drug-likeness (QED) is 0.817. The molecule has 0 aliphatic carbocycles. The Morgan fingerprint density at radius 3 is 2.50 bits per heavy atom. The highest BCUT2D eigenvalue weighted by atomic mass is 32.1. The van der Waals surface area contributed by atoms with Gasteiger partial charge in [-0.3, -0.25) is 9.59 Å². The van der Waals surface area contributed by atoms with Crippen molar-refractivity contribution < 1.29 is 14.3 Å². The normalized spacial score (nSPS) is 10.0. The van der Waals surface area contributed by atoms with Gasteiger partial charge in [0, 0.05) is 11.4 Å². The maximum absolute atomic E-state index is 11.7. The van der Waals surface area contributed by atoms with E-state index in [0.717, 1.165) is 16.2 Å². The Hall–Kier alpha value is -2.34. The smallest absolute Gasteiger partial charge is 0.239 e. The van der Waals surface area contributed by atoms with Crippen LogP contribution in [0.2, 0.25) is 0 Å². The number of nitrogens with one attached hydrogen (secondary N) is 2. The first kappa shape index (κ1) is 16.0. The minimum absolute atomic E-state index is 0.0135. The van der Waals surface area contributed by atoms with Crippen molar-refractivity contribution in [3.05, 3.63) is 52.2 Å². The highest BCUT2D eigenvalue weighted by Gasteiger charge is 2.07. The molecule has 2 aromatic rings. The molecule has 0 aliphatic heterocycles. The van der Waals surface area contributed by atoms with Crippen LogP contribution in [0.5, 0.6) is 5.75 Å². The van der Waals surface area contributed by atoms with Gasteiger partial charge >= 0.3 is 0 Å². The molecule has 0 spiro atoms. The molecule has 0 aliphatic rings. The van der Waals surface area contributed by atoms with E-state index in [-0.39, 0.29) is 18.4 Å². The van der Waals surface area contributed by atoms with Crippen molar-refractivity contribution in [2.24, 2.45) is 0 Å². The molecule has 1 heterocycles. The molecule has 0 unspecified atom stereocenters. The van der Waals surface area contributed by atoms with Gasteiger partial charge in [0.2, 0.25) is 11.8 Å². The predicted octanol–water partition coefficient (Wildman–Crippen LogP) is 1.73. The lowest BCUT2D eigenvalue weighted by Crippen LogP contribution is -2.37. The van der Waals surface area contributed by atoms with Crippen LogP contribution in [0.4, 0.5) is 0 Å². The highest BCUT2D eigenvalue weighted by Crippen LogP contribution is 2.11. The van der Waals surface area contributed by atoms with Gasteiger partial charge in [-0.05, 0) is 29.1 Å². The summed E-state index contributed by atoms with van der Waals surface area (Å²) in [6, 6.07) is 11.2. The third-order valence-corrected chi connectivity index (χ3v) is 3.89. The second-order valence-electron chi connectivity index (χ2n) is 4.66. The van der Waals surface area contributed by atoms with Crippen LogP contribution in [0.3, 0.4) is 0 Å². The van der Waals surface area contributed by atoms with Crippen molar-refractivity contribution in [1.29, 1.82) is 0 Å². The zero-order chi connectivity index (χ0) is 15.8. The van der Waals surface area contributed by atoms with E-state index in [1.165, 1.54) is 11.3 Å². The summed E-state index contributed by atoms with van der Waals surface area (Å²) >= 11 is 1.52. The highest BCUT2D eigenvalue weighted by molar-refractivity contribution is 7.10. The molecule has 22 heavy (non-hydrogen) atoms. The Kier molecular flexibility index (Phi) is 5.97. The lowest BCUT2D eigenvalue weighted by molar-refractivity contribution is -0.125. The molecule has 2 N–H and O–H groups in total. The minimum Gasteiger partial charge on any atom is -0.497 e. The van der Waals surface area contributed by atoms with Crippen LogP contribution in [0.1, 0.15) is 10.4 Å². The van der Waals surface area contributed by atoms with Gasteiger partial charge in [0.25, 0.3) is 0 Å². The molecule has 116 valence electrons. The van der Waals surface area contributed by atoms with E-state index >= 15 is 0 Å². The summed E-state index contributed by atoms with van der Waals surface area (Å²) in [5.41, 5.74) is 0.971. The summed E-state index contributed by atoms with van der Waals surface area (Å²) in [6.45, 7) is 0.407. The minimum atomic E-state index is -0.213. The number of hydrogen-bond donors (Lipinski definition) is 2. The van der Waals surface area contributed by atoms with E-state index < -0.39 is 0 Å². The average Bonchev–Trinajstić information content (AvgIpc) is 3.04. The summed E-state index contributed by atoms with van der Waals surface area (Å²) in [5.74, 6) is 0.410. The molecule has 0 fully saturated rings. The fourth-order valence-corrected chi connectivity index (χ4v) is 2.52. The number of rotatable bonds is 7.